The first-order valence-electron chi connectivity index (χ1n) is 8.86. The maximum atomic E-state index is 5.95. The lowest BCUT2D eigenvalue weighted by Crippen LogP contribution is -2.26. The van der Waals surface area contributed by atoms with Crippen molar-refractivity contribution in [2.75, 3.05) is 13.2 Å². The second-order valence-corrected chi connectivity index (χ2v) is 7.10. The molecule has 0 saturated carbocycles. The van der Waals surface area contributed by atoms with Crippen LogP contribution in [0.1, 0.15) is 56.2 Å². The number of aromatic nitrogens is 2. The molecule has 1 aromatic heterocycles. The minimum atomic E-state index is 0.191. The van der Waals surface area contributed by atoms with Crippen LogP contribution in [0.5, 0.6) is 5.75 Å². The van der Waals surface area contributed by atoms with Gasteiger partial charge in [0.1, 0.15) is 5.75 Å². The molecule has 1 fully saturated rings. The van der Waals surface area contributed by atoms with Crippen molar-refractivity contribution in [1.82, 2.24) is 15.5 Å². The molecule has 24 heavy (non-hydrogen) atoms. The van der Waals surface area contributed by atoms with E-state index in [-0.39, 0.29) is 6.04 Å². The number of benzene rings is 1. The maximum absolute atomic E-state index is 5.95. The van der Waals surface area contributed by atoms with Crippen molar-refractivity contribution in [2.45, 2.75) is 53.0 Å². The molecule has 0 bridgehead atoms. The van der Waals surface area contributed by atoms with Gasteiger partial charge in [0.15, 0.2) is 0 Å². The summed E-state index contributed by atoms with van der Waals surface area (Å²) in [5.74, 6) is 2.82. The zero-order chi connectivity index (χ0) is 17.1. The smallest absolute Gasteiger partial charge is 0.244 e. The Balaban J connectivity index is 1.81. The number of aryl methyl sites for hydroxylation is 2. The summed E-state index contributed by atoms with van der Waals surface area (Å²) >= 11 is 0. The summed E-state index contributed by atoms with van der Waals surface area (Å²) < 4.78 is 11.4. The third kappa shape index (κ3) is 3.78. The Morgan fingerprint density at radius 2 is 2.00 bits per heavy atom. The molecule has 0 spiro atoms. The van der Waals surface area contributed by atoms with E-state index in [1.807, 2.05) is 0 Å². The van der Waals surface area contributed by atoms with Gasteiger partial charge in [-0.3, -0.25) is 0 Å². The summed E-state index contributed by atoms with van der Waals surface area (Å²) in [7, 11) is 0. The van der Waals surface area contributed by atoms with Crippen molar-refractivity contribution in [3.05, 3.63) is 29.2 Å². The van der Waals surface area contributed by atoms with Crippen LogP contribution in [-0.4, -0.2) is 23.3 Å². The fourth-order valence-corrected chi connectivity index (χ4v) is 3.11. The Bertz CT molecular complexity index is 665. The van der Waals surface area contributed by atoms with Crippen LogP contribution in [0.3, 0.4) is 0 Å². The minimum Gasteiger partial charge on any atom is -0.493 e. The second kappa shape index (κ2) is 7.34. The molecule has 5 heteroatoms. The Labute approximate surface area is 143 Å². The van der Waals surface area contributed by atoms with Crippen LogP contribution in [0, 0.1) is 19.8 Å². The molecular formula is C19H27N3O2. The molecule has 0 aliphatic carbocycles. The molecular weight excluding hydrogens is 302 g/mol. The van der Waals surface area contributed by atoms with Crippen LogP contribution >= 0.6 is 0 Å². The van der Waals surface area contributed by atoms with E-state index in [0.717, 1.165) is 42.0 Å². The fourth-order valence-electron chi connectivity index (χ4n) is 3.11. The van der Waals surface area contributed by atoms with Crippen LogP contribution in [0.25, 0.3) is 11.4 Å². The summed E-state index contributed by atoms with van der Waals surface area (Å²) in [6.45, 7) is 10.2. The highest BCUT2D eigenvalue weighted by Gasteiger charge is 2.21. The maximum Gasteiger partial charge on any atom is 0.244 e. The van der Waals surface area contributed by atoms with E-state index in [9.17, 15) is 0 Å². The predicted octanol–water partition coefficient (Wildman–Crippen LogP) is 4.20. The number of nitrogens with one attached hydrogen (secondary N) is 1. The van der Waals surface area contributed by atoms with Gasteiger partial charge in [-0.2, -0.15) is 4.98 Å². The molecule has 1 atom stereocenters. The normalized spacial score (nSPS) is 18.1. The van der Waals surface area contributed by atoms with Crippen LogP contribution in [-0.2, 0) is 0 Å². The first-order chi connectivity index (χ1) is 11.5. The van der Waals surface area contributed by atoms with E-state index in [2.05, 4.69) is 55.3 Å². The summed E-state index contributed by atoms with van der Waals surface area (Å²) in [5, 5.41) is 7.62. The lowest BCUT2D eigenvalue weighted by atomic mass is 10.0. The van der Waals surface area contributed by atoms with Crippen molar-refractivity contribution >= 4 is 0 Å². The molecule has 2 heterocycles. The van der Waals surface area contributed by atoms with Crippen LogP contribution in [0.15, 0.2) is 16.7 Å². The van der Waals surface area contributed by atoms with Crippen LogP contribution < -0.4 is 10.1 Å². The highest BCUT2D eigenvalue weighted by molar-refractivity contribution is 5.61. The van der Waals surface area contributed by atoms with Gasteiger partial charge in [0, 0.05) is 5.56 Å². The van der Waals surface area contributed by atoms with E-state index in [1.165, 1.54) is 12.8 Å². The Kier molecular flexibility index (Phi) is 5.19. The molecule has 3 rings (SSSR count). The monoisotopic (exact) mass is 329 g/mol. The largest absolute Gasteiger partial charge is 0.493 e. The van der Waals surface area contributed by atoms with E-state index in [1.54, 1.807) is 0 Å². The zero-order valence-electron chi connectivity index (χ0n) is 15.1. The fraction of sp³-hybridized carbons (Fsp3) is 0.579. The molecule has 1 aliphatic rings. The van der Waals surface area contributed by atoms with Gasteiger partial charge in [-0.05, 0) is 62.4 Å². The Morgan fingerprint density at radius 3 is 2.62 bits per heavy atom. The Morgan fingerprint density at radius 1 is 1.25 bits per heavy atom. The summed E-state index contributed by atoms with van der Waals surface area (Å²) in [4.78, 5) is 4.61. The summed E-state index contributed by atoms with van der Waals surface area (Å²) in [6.07, 6.45) is 3.48. The average Bonchev–Trinajstić information content (AvgIpc) is 3.04. The van der Waals surface area contributed by atoms with Crippen molar-refractivity contribution in [3.63, 3.8) is 0 Å². The van der Waals surface area contributed by atoms with Crippen molar-refractivity contribution in [3.8, 4) is 17.1 Å². The molecule has 1 saturated heterocycles. The SMILES string of the molecule is Cc1cc(-c2noc([C@H]3CCCCN3)n2)cc(C)c1OCC(C)C. The molecule has 0 unspecified atom stereocenters. The van der Waals surface area contributed by atoms with Gasteiger partial charge in [-0.15, -0.1) is 0 Å². The highest BCUT2D eigenvalue weighted by atomic mass is 16.5. The molecule has 0 amide bonds. The molecule has 1 N–H and O–H groups in total. The predicted molar refractivity (Wildman–Crippen MR) is 94.1 cm³/mol. The van der Waals surface area contributed by atoms with Gasteiger partial charge in [0.2, 0.25) is 11.7 Å². The number of nitrogens with zero attached hydrogens (tertiary/aromatic N) is 2. The first kappa shape index (κ1) is 17.0. The topological polar surface area (TPSA) is 60.2 Å². The van der Waals surface area contributed by atoms with E-state index in [4.69, 9.17) is 9.26 Å². The molecule has 1 aliphatic heterocycles. The van der Waals surface area contributed by atoms with Crippen molar-refractivity contribution in [2.24, 2.45) is 5.92 Å². The minimum absolute atomic E-state index is 0.191. The standard InChI is InChI=1S/C19H27N3O2/c1-12(2)11-23-17-13(3)9-15(10-14(17)4)18-21-19(24-22-18)16-7-5-6-8-20-16/h9-10,12,16,20H,5-8,11H2,1-4H3/t16-/m1/s1. The quantitative estimate of drug-likeness (QED) is 0.890. The number of ether oxygens (including phenoxy) is 1. The third-order valence-corrected chi connectivity index (χ3v) is 4.33. The molecule has 5 nitrogen and oxygen atoms in total. The third-order valence-electron chi connectivity index (χ3n) is 4.33. The van der Waals surface area contributed by atoms with Gasteiger partial charge in [-0.1, -0.05) is 25.4 Å². The molecule has 130 valence electrons. The Hall–Kier alpha value is -1.88. The van der Waals surface area contributed by atoms with E-state index >= 15 is 0 Å². The number of hydrogen-bond acceptors (Lipinski definition) is 5. The van der Waals surface area contributed by atoms with E-state index < -0.39 is 0 Å². The van der Waals surface area contributed by atoms with Crippen molar-refractivity contribution < 1.29 is 9.26 Å². The first-order valence-corrected chi connectivity index (χ1v) is 8.86. The summed E-state index contributed by atoms with van der Waals surface area (Å²) in [5.41, 5.74) is 3.19. The number of hydrogen-bond donors (Lipinski definition) is 1. The van der Waals surface area contributed by atoms with Gasteiger partial charge >= 0.3 is 0 Å². The number of rotatable bonds is 5. The van der Waals surface area contributed by atoms with Gasteiger partial charge in [0.25, 0.3) is 0 Å². The van der Waals surface area contributed by atoms with Crippen molar-refractivity contribution in [1.29, 1.82) is 0 Å². The molecule has 1 aromatic carbocycles. The highest BCUT2D eigenvalue weighted by Crippen LogP contribution is 2.30. The lowest BCUT2D eigenvalue weighted by molar-refractivity contribution is 0.268. The number of piperidine rings is 1. The van der Waals surface area contributed by atoms with Crippen LogP contribution in [0.2, 0.25) is 0 Å². The van der Waals surface area contributed by atoms with Crippen LogP contribution in [0.4, 0.5) is 0 Å². The molecule has 2 aromatic rings. The summed E-state index contributed by atoms with van der Waals surface area (Å²) in [6, 6.07) is 4.34. The second-order valence-electron chi connectivity index (χ2n) is 7.10. The van der Waals surface area contributed by atoms with Gasteiger partial charge in [0.05, 0.1) is 12.6 Å². The average molecular weight is 329 g/mol. The van der Waals surface area contributed by atoms with E-state index in [0.29, 0.717) is 17.6 Å². The zero-order valence-corrected chi connectivity index (χ0v) is 15.1. The van der Waals surface area contributed by atoms with Gasteiger partial charge in [-0.25, -0.2) is 0 Å². The van der Waals surface area contributed by atoms with Gasteiger partial charge < -0.3 is 14.6 Å². The molecule has 0 radical (unpaired) electrons. The lowest BCUT2D eigenvalue weighted by Gasteiger charge is -2.19.